The summed E-state index contributed by atoms with van der Waals surface area (Å²) in [5, 5.41) is 9.42. The van der Waals surface area contributed by atoms with E-state index in [1.807, 2.05) is 6.92 Å². The third-order valence-corrected chi connectivity index (χ3v) is 5.54. The number of hydrogen-bond donors (Lipinski definition) is 2. The van der Waals surface area contributed by atoms with Gasteiger partial charge in [0, 0.05) is 0 Å². The standard InChI is InChI=1S/C13H23NO6S/c1-3-10-4-7-13(8-5-10,12(16)17)14-21(18,19)9-6-11(15)20-2/h10,14H,3-9H2,1-2H3,(H,16,17). The Labute approximate surface area is 125 Å². The number of esters is 1. The quantitative estimate of drug-likeness (QED) is 0.674. The van der Waals surface area contributed by atoms with E-state index in [0.717, 1.165) is 6.42 Å². The largest absolute Gasteiger partial charge is 0.480 e. The molecule has 0 unspecified atom stereocenters. The number of aliphatic carboxylic acids is 1. The van der Waals surface area contributed by atoms with E-state index < -0.39 is 33.3 Å². The van der Waals surface area contributed by atoms with E-state index in [2.05, 4.69) is 9.46 Å². The van der Waals surface area contributed by atoms with Crippen molar-refractivity contribution in [3.05, 3.63) is 0 Å². The molecule has 1 saturated carbocycles. The molecular formula is C13H23NO6S. The summed E-state index contributed by atoms with van der Waals surface area (Å²) in [6.07, 6.45) is 2.59. The fourth-order valence-electron chi connectivity index (χ4n) is 2.61. The summed E-state index contributed by atoms with van der Waals surface area (Å²) in [5.41, 5.74) is -1.44. The Morgan fingerprint density at radius 1 is 1.33 bits per heavy atom. The van der Waals surface area contributed by atoms with Crippen molar-refractivity contribution in [3.8, 4) is 0 Å². The Balaban J connectivity index is 2.75. The number of nitrogens with one attached hydrogen (secondary N) is 1. The van der Waals surface area contributed by atoms with Gasteiger partial charge in [0.25, 0.3) is 0 Å². The number of rotatable bonds is 7. The maximum atomic E-state index is 12.0. The number of carbonyl (C=O) groups excluding carboxylic acids is 1. The first-order valence-electron chi connectivity index (χ1n) is 7.06. The van der Waals surface area contributed by atoms with E-state index in [-0.39, 0.29) is 19.3 Å². The van der Waals surface area contributed by atoms with Gasteiger partial charge in [-0.15, -0.1) is 0 Å². The maximum Gasteiger partial charge on any atom is 0.324 e. The van der Waals surface area contributed by atoms with Crippen molar-refractivity contribution in [2.24, 2.45) is 5.92 Å². The highest BCUT2D eigenvalue weighted by molar-refractivity contribution is 7.89. The lowest BCUT2D eigenvalue weighted by Gasteiger charge is -2.36. The van der Waals surface area contributed by atoms with Gasteiger partial charge in [-0.3, -0.25) is 9.59 Å². The number of methoxy groups -OCH3 is 1. The number of ether oxygens (including phenoxy) is 1. The van der Waals surface area contributed by atoms with Crippen LogP contribution in [-0.4, -0.2) is 43.9 Å². The molecule has 2 N–H and O–H groups in total. The predicted molar refractivity (Wildman–Crippen MR) is 76.2 cm³/mol. The van der Waals surface area contributed by atoms with E-state index in [1.54, 1.807) is 0 Å². The van der Waals surface area contributed by atoms with Gasteiger partial charge in [-0.05, 0) is 31.6 Å². The molecule has 7 nitrogen and oxygen atoms in total. The highest BCUT2D eigenvalue weighted by atomic mass is 32.2. The van der Waals surface area contributed by atoms with Crippen LogP contribution in [0.2, 0.25) is 0 Å². The average Bonchev–Trinajstić information content (AvgIpc) is 2.45. The van der Waals surface area contributed by atoms with E-state index in [0.29, 0.717) is 18.8 Å². The third kappa shape index (κ3) is 4.96. The summed E-state index contributed by atoms with van der Waals surface area (Å²) in [5.74, 6) is -1.82. The molecule has 0 aliphatic heterocycles. The molecule has 21 heavy (non-hydrogen) atoms. The summed E-state index contributed by atoms with van der Waals surface area (Å²) >= 11 is 0. The van der Waals surface area contributed by atoms with Crippen LogP contribution in [-0.2, 0) is 24.3 Å². The van der Waals surface area contributed by atoms with Gasteiger partial charge >= 0.3 is 11.9 Å². The molecule has 0 aromatic carbocycles. The van der Waals surface area contributed by atoms with Crippen molar-refractivity contribution < 1.29 is 27.9 Å². The van der Waals surface area contributed by atoms with Gasteiger partial charge in [0.15, 0.2) is 0 Å². The van der Waals surface area contributed by atoms with Crippen LogP contribution in [0.25, 0.3) is 0 Å². The Morgan fingerprint density at radius 3 is 2.33 bits per heavy atom. The fourth-order valence-corrected chi connectivity index (χ4v) is 4.03. The van der Waals surface area contributed by atoms with Crippen molar-refractivity contribution in [3.63, 3.8) is 0 Å². The number of carboxylic acid groups (broad SMARTS) is 1. The Kier molecular flexibility index (Phi) is 6.15. The zero-order valence-corrected chi connectivity index (χ0v) is 13.2. The van der Waals surface area contributed by atoms with Gasteiger partial charge in [0.05, 0.1) is 19.3 Å². The van der Waals surface area contributed by atoms with E-state index >= 15 is 0 Å². The molecule has 0 spiro atoms. The molecule has 1 aliphatic carbocycles. The molecule has 0 radical (unpaired) electrons. The molecule has 0 aromatic rings. The topological polar surface area (TPSA) is 110 Å². The molecule has 8 heteroatoms. The van der Waals surface area contributed by atoms with Crippen LogP contribution in [0.5, 0.6) is 0 Å². The lowest BCUT2D eigenvalue weighted by atomic mass is 9.76. The normalized spacial score (nSPS) is 26.3. The van der Waals surface area contributed by atoms with Crippen LogP contribution in [0, 0.1) is 5.92 Å². The molecule has 0 atom stereocenters. The summed E-state index contributed by atoms with van der Waals surface area (Å²) in [4.78, 5) is 22.5. The first-order chi connectivity index (χ1) is 9.74. The number of carboxylic acids is 1. The molecular weight excluding hydrogens is 298 g/mol. The molecule has 0 bridgehead atoms. The van der Waals surface area contributed by atoms with E-state index in [4.69, 9.17) is 0 Å². The zero-order valence-electron chi connectivity index (χ0n) is 12.4. The Morgan fingerprint density at radius 2 is 1.90 bits per heavy atom. The number of sulfonamides is 1. The van der Waals surface area contributed by atoms with Crippen LogP contribution in [0.3, 0.4) is 0 Å². The Bertz CT molecular complexity index is 479. The number of hydrogen-bond acceptors (Lipinski definition) is 5. The van der Waals surface area contributed by atoms with Crippen molar-refractivity contribution in [1.82, 2.24) is 4.72 Å². The highest BCUT2D eigenvalue weighted by Crippen LogP contribution is 2.34. The van der Waals surface area contributed by atoms with Gasteiger partial charge in [-0.2, -0.15) is 4.72 Å². The molecule has 0 heterocycles. The predicted octanol–water partition coefficient (Wildman–Crippen LogP) is 0.893. The monoisotopic (exact) mass is 321 g/mol. The van der Waals surface area contributed by atoms with Crippen molar-refractivity contribution in [1.29, 1.82) is 0 Å². The lowest BCUT2D eigenvalue weighted by Crippen LogP contribution is -2.56. The average molecular weight is 321 g/mol. The van der Waals surface area contributed by atoms with E-state index in [9.17, 15) is 23.1 Å². The first kappa shape index (κ1) is 17.9. The fraction of sp³-hybridized carbons (Fsp3) is 0.846. The molecule has 122 valence electrons. The minimum Gasteiger partial charge on any atom is -0.480 e. The van der Waals surface area contributed by atoms with Crippen LogP contribution in [0.4, 0.5) is 0 Å². The molecule has 0 saturated heterocycles. The van der Waals surface area contributed by atoms with Gasteiger partial charge in [0.1, 0.15) is 5.54 Å². The molecule has 1 rings (SSSR count). The second kappa shape index (κ2) is 7.22. The zero-order chi connectivity index (χ0) is 16.1. The lowest BCUT2D eigenvalue weighted by molar-refractivity contribution is -0.145. The Hall–Kier alpha value is -1.15. The minimum atomic E-state index is -3.85. The van der Waals surface area contributed by atoms with Gasteiger partial charge in [-0.25, -0.2) is 8.42 Å². The molecule has 0 aromatic heterocycles. The summed E-state index contributed by atoms with van der Waals surface area (Å²) < 4.78 is 30.7. The summed E-state index contributed by atoms with van der Waals surface area (Å²) in [6.45, 7) is 2.04. The third-order valence-electron chi connectivity index (χ3n) is 4.10. The molecule has 1 aliphatic rings. The second-order valence-corrected chi connectivity index (χ2v) is 7.33. The summed E-state index contributed by atoms with van der Waals surface area (Å²) in [6, 6.07) is 0. The maximum absolute atomic E-state index is 12.0. The van der Waals surface area contributed by atoms with Crippen molar-refractivity contribution >= 4 is 22.0 Å². The smallest absolute Gasteiger partial charge is 0.324 e. The van der Waals surface area contributed by atoms with Crippen LogP contribution in [0.1, 0.15) is 45.4 Å². The van der Waals surface area contributed by atoms with Gasteiger partial charge in [-0.1, -0.05) is 13.3 Å². The second-order valence-electron chi connectivity index (χ2n) is 5.49. The van der Waals surface area contributed by atoms with Crippen molar-refractivity contribution in [2.75, 3.05) is 12.9 Å². The van der Waals surface area contributed by atoms with Crippen LogP contribution < -0.4 is 4.72 Å². The SMILES string of the molecule is CCC1CCC(NS(=O)(=O)CCC(=O)OC)(C(=O)O)CC1. The van der Waals surface area contributed by atoms with Crippen LogP contribution >= 0.6 is 0 Å². The summed E-state index contributed by atoms with van der Waals surface area (Å²) in [7, 11) is -2.67. The van der Waals surface area contributed by atoms with Gasteiger partial charge < -0.3 is 9.84 Å². The molecule has 0 amide bonds. The highest BCUT2D eigenvalue weighted by Gasteiger charge is 2.44. The molecule has 1 fully saturated rings. The van der Waals surface area contributed by atoms with Crippen molar-refractivity contribution in [2.45, 2.75) is 51.0 Å². The van der Waals surface area contributed by atoms with E-state index in [1.165, 1.54) is 7.11 Å². The first-order valence-corrected chi connectivity index (χ1v) is 8.72. The number of carbonyl (C=O) groups is 2. The van der Waals surface area contributed by atoms with Gasteiger partial charge in [0.2, 0.25) is 10.0 Å². The van der Waals surface area contributed by atoms with Crippen LogP contribution in [0.15, 0.2) is 0 Å². The minimum absolute atomic E-state index is 0.276.